The molecule has 1 saturated heterocycles. The van der Waals surface area contributed by atoms with Gasteiger partial charge in [0.25, 0.3) is 0 Å². The van der Waals surface area contributed by atoms with E-state index < -0.39 is 27.4 Å². The molecule has 0 saturated carbocycles. The molecule has 15 heteroatoms. The largest absolute Gasteiger partial charge is 0.481 e. The van der Waals surface area contributed by atoms with E-state index in [2.05, 4.69) is 29.9 Å². The summed E-state index contributed by atoms with van der Waals surface area (Å²) in [5.74, 6) is 0.863. The number of nitrogens with one attached hydrogen (secondary N) is 1. The van der Waals surface area contributed by atoms with Crippen LogP contribution in [0, 0.1) is 0 Å². The van der Waals surface area contributed by atoms with Crippen LogP contribution in [0.4, 0.5) is 5.95 Å². The molecule has 0 amide bonds. The van der Waals surface area contributed by atoms with Crippen molar-refractivity contribution in [3.8, 4) is 17.4 Å². The number of pyridine rings is 1. The third kappa shape index (κ3) is 5.99. The Morgan fingerprint density at radius 3 is 2.57 bits per heavy atom. The SMILES string of the molecule is COc1cccc(-c2nnc(NS(=O)(=O)C(C)C(OC)c3ncc(Cl)cn3)n2[C@H](C)[C@@H]2COCCO2)n1. The lowest BCUT2D eigenvalue weighted by Crippen LogP contribution is -2.37. The third-order valence-electron chi connectivity index (χ3n) is 5.94. The molecule has 4 rings (SSSR count). The molecule has 4 heterocycles. The Balaban J connectivity index is 1.70. The number of sulfonamides is 1. The van der Waals surface area contributed by atoms with Crippen LogP contribution in [0.25, 0.3) is 11.5 Å². The number of halogens is 1. The van der Waals surface area contributed by atoms with Gasteiger partial charge in [0, 0.05) is 25.6 Å². The molecule has 200 valence electrons. The number of nitrogens with zero attached hydrogens (tertiary/aromatic N) is 6. The van der Waals surface area contributed by atoms with Gasteiger partial charge in [0.1, 0.15) is 23.2 Å². The van der Waals surface area contributed by atoms with Crippen LogP contribution >= 0.6 is 11.6 Å². The molecule has 13 nitrogen and oxygen atoms in total. The van der Waals surface area contributed by atoms with Gasteiger partial charge in [-0.3, -0.25) is 9.29 Å². The van der Waals surface area contributed by atoms with Crippen LogP contribution < -0.4 is 9.46 Å². The van der Waals surface area contributed by atoms with Crippen LogP contribution in [-0.4, -0.2) is 83.5 Å². The van der Waals surface area contributed by atoms with Crippen molar-refractivity contribution in [2.24, 2.45) is 0 Å². The maximum absolute atomic E-state index is 13.5. The average Bonchev–Trinajstić information content (AvgIpc) is 3.32. The molecule has 3 aromatic rings. The number of hydrogen-bond acceptors (Lipinski definition) is 11. The molecule has 1 aliphatic heterocycles. The summed E-state index contributed by atoms with van der Waals surface area (Å²) in [4.78, 5) is 12.7. The Kier molecular flexibility index (Phi) is 8.54. The lowest BCUT2D eigenvalue weighted by molar-refractivity contribution is -0.104. The van der Waals surface area contributed by atoms with E-state index in [-0.39, 0.29) is 17.9 Å². The lowest BCUT2D eigenvalue weighted by atomic mass is 10.1. The van der Waals surface area contributed by atoms with Crippen molar-refractivity contribution in [3.05, 3.63) is 41.4 Å². The summed E-state index contributed by atoms with van der Waals surface area (Å²) in [6, 6.07) is 4.77. The fraction of sp³-hybridized carbons (Fsp3) is 0.500. The van der Waals surface area contributed by atoms with Crippen LogP contribution in [0.2, 0.25) is 5.02 Å². The fourth-order valence-corrected chi connectivity index (χ4v) is 5.12. The van der Waals surface area contributed by atoms with E-state index >= 15 is 0 Å². The molecule has 2 unspecified atom stereocenters. The van der Waals surface area contributed by atoms with Crippen LogP contribution in [-0.2, 0) is 24.2 Å². The topological polar surface area (TPSA) is 152 Å². The van der Waals surface area contributed by atoms with Crippen LogP contribution in [0.15, 0.2) is 30.6 Å². The minimum Gasteiger partial charge on any atom is -0.481 e. The first kappa shape index (κ1) is 27.1. The van der Waals surface area contributed by atoms with Crippen molar-refractivity contribution in [3.63, 3.8) is 0 Å². The zero-order chi connectivity index (χ0) is 26.6. The van der Waals surface area contributed by atoms with Crippen molar-refractivity contribution in [2.45, 2.75) is 37.3 Å². The Morgan fingerprint density at radius 1 is 1.16 bits per heavy atom. The average molecular weight is 554 g/mol. The van der Waals surface area contributed by atoms with Crippen molar-refractivity contribution in [1.29, 1.82) is 0 Å². The molecule has 4 atom stereocenters. The van der Waals surface area contributed by atoms with Crippen LogP contribution in [0.5, 0.6) is 5.88 Å². The second kappa shape index (κ2) is 11.6. The second-order valence-electron chi connectivity index (χ2n) is 8.28. The van der Waals surface area contributed by atoms with Gasteiger partial charge in [0.15, 0.2) is 11.6 Å². The molecule has 0 spiro atoms. The Bertz CT molecular complexity index is 1300. The second-order valence-corrected chi connectivity index (χ2v) is 10.7. The number of aromatic nitrogens is 6. The Hall–Kier alpha value is -2.91. The summed E-state index contributed by atoms with van der Waals surface area (Å²) in [6.45, 7) is 4.58. The minimum absolute atomic E-state index is 0.0139. The standard InChI is InChI=1S/C22H28ClN7O6S/c1-13(17-12-35-8-9-36-17)30-21(16-6-5-7-18(26-16)33-3)27-28-22(30)29-37(31,32)14(2)19(34-4)20-24-10-15(23)11-25-20/h5-7,10-11,13-14,17,19H,8-9,12H2,1-4H3,(H,28,29)/t13-,14?,17+,19?/m1/s1. The van der Waals surface area contributed by atoms with Gasteiger partial charge in [-0.1, -0.05) is 17.7 Å². The number of methoxy groups -OCH3 is 2. The minimum atomic E-state index is -4.08. The van der Waals surface area contributed by atoms with E-state index in [1.165, 1.54) is 33.5 Å². The zero-order valence-corrected chi connectivity index (χ0v) is 22.3. The van der Waals surface area contributed by atoms with Gasteiger partial charge in [-0.25, -0.2) is 23.4 Å². The first-order valence-electron chi connectivity index (χ1n) is 11.4. The summed E-state index contributed by atoms with van der Waals surface area (Å²) in [6.07, 6.45) is 1.41. The van der Waals surface area contributed by atoms with Gasteiger partial charge in [0.2, 0.25) is 21.9 Å². The van der Waals surface area contributed by atoms with Gasteiger partial charge >= 0.3 is 0 Å². The first-order chi connectivity index (χ1) is 17.7. The quantitative estimate of drug-likeness (QED) is 0.393. The summed E-state index contributed by atoms with van der Waals surface area (Å²) in [5, 5.41) is 7.63. The summed E-state index contributed by atoms with van der Waals surface area (Å²) < 4.78 is 53.3. The molecule has 37 heavy (non-hydrogen) atoms. The van der Waals surface area contributed by atoms with Gasteiger partial charge in [-0.2, -0.15) is 0 Å². The lowest BCUT2D eigenvalue weighted by Gasteiger charge is -2.30. The highest BCUT2D eigenvalue weighted by Gasteiger charge is 2.36. The Labute approximate surface area is 219 Å². The number of ether oxygens (including phenoxy) is 4. The maximum atomic E-state index is 13.5. The van der Waals surface area contributed by atoms with Gasteiger partial charge < -0.3 is 18.9 Å². The van der Waals surface area contributed by atoms with E-state index in [0.29, 0.717) is 42.2 Å². The number of anilines is 1. The highest BCUT2D eigenvalue weighted by Crippen LogP contribution is 2.31. The monoisotopic (exact) mass is 553 g/mol. The molecule has 1 aliphatic rings. The predicted octanol–water partition coefficient (Wildman–Crippen LogP) is 2.29. The fourth-order valence-electron chi connectivity index (χ4n) is 3.88. The van der Waals surface area contributed by atoms with E-state index in [1.807, 2.05) is 6.92 Å². The third-order valence-corrected chi connectivity index (χ3v) is 7.83. The van der Waals surface area contributed by atoms with Gasteiger partial charge in [-0.15, -0.1) is 10.2 Å². The normalized spacial score (nSPS) is 18.7. The summed E-state index contributed by atoms with van der Waals surface area (Å²) in [5.41, 5.74) is 0.443. The smallest absolute Gasteiger partial charge is 0.240 e. The molecule has 0 aromatic carbocycles. The molecular weight excluding hydrogens is 526 g/mol. The first-order valence-corrected chi connectivity index (χ1v) is 13.3. The molecular formula is C22H28ClN7O6S. The van der Waals surface area contributed by atoms with Crippen LogP contribution in [0.1, 0.15) is 31.8 Å². The molecule has 0 radical (unpaired) electrons. The molecule has 1 N–H and O–H groups in total. The van der Waals surface area contributed by atoms with E-state index in [4.69, 9.17) is 30.5 Å². The molecule has 3 aromatic heterocycles. The summed E-state index contributed by atoms with van der Waals surface area (Å²) >= 11 is 5.87. The number of hydrogen-bond donors (Lipinski definition) is 1. The van der Waals surface area contributed by atoms with Crippen molar-refractivity contribution < 1.29 is 27.4 Å². The van der Waals surface area contributed by atoms with E-state index in [9.17, 15) is 8.42 Å². The van der Waals surface area contributed by atoms with Crippen molar-refractivity contribution in [1.82, 2.24) is 29.7 Å². The molecule has 1 fully saturated rings. The van der Waals surface area contributed by atoms with Crippen molar-refractivity contribution >= 4 is 27.6 Å². The highest BCUT2D eigenvalue weighted by molar-refractivity contribution is 7.93. The highest BCUT2D eigenvalue weighted by atomic mass is 35.5. The maximum Gasteiger partial charge on any atom is 0.240 e. The predicted molar refractivity (Wildman–Crippen MR) is 134 cm³/mol. The van der Waals surface area contributed by atoms with Crippen molar-refractivity contribution in [2.75, 3.05) is 38.8 Å². The van der Waals surface area contributed by atoms with Crippen LogP contribution in [0.3, 0.4) is 0 Å². The van der Waals surface area contributed by atoms with E-state index in [0.717, 1.165) is 0 Å². The number of rotatable bonds is 10. The Morgan fingerprint density at radius 2 is 1.92 bits per heavy atom. The van der Waals surface area contributed by atoms with Gasteiger partial charge in [-0.05, 0) is 19.9 Å². The molecule has 0 bridgehead atoms. The van der Waals surface area contributed by atoms with E-state index in [1.54, 1.807) is 22.8 Å². The summed E-state index contributed by atoms with van der Waals surface area (Å²) in [7, 11) is -1.19. The zero-order valence-electron chi connectivity index (χ0n) is 20.7. The molecule has 0 aliphatic carbocycles. The van der Waals surface area contributed by atoms with Gasteiger partial charge in [0.05, 0.1) is 38.0 Å².